The van der Waals surface area contributed by atoms with Crippen LogP contribution in [0.5, 0.6) is 0 Å². The van der Waals surface area contributed by atoms with Crippen LogP contribution in [0.3, 0.4) is 0 Å². The predicted octanol–water partition coefficient (Wildman–Crippen LogP) is 3.24. The van der Waals surface area contributed by atoms with E-state index in [0.29, 0.717) is 5.82 Å². The summed E-state index contributed by atoms with van der Waals surface area (Å²) in [4.78, 5) is 8.71. The summed E-state index contributed by atoms with van der Waals surface area (Å²) in [5, 5.41) is 4.09. The molecule has 0 amide bonds. The summed E-state index contributed by atoms with van der Waals surface area (Å²) in [5.41, 5.74) is 8.03. The van der Waals surface area contributed by atoms with E-state index in [1.54, 1.807) is 0 Å². The molecule has 4 nitrogen and oxygen atoms in total. The number of aromatic nitrogens is 2. The minimum Gasteiger partial charge on any atom is -0.383 e. The molecule has 2 rings (SSSR count). The Morgan fingerprint density at radius 1 is 1.20 bits per heavy atom. The van der Waals surface area contributed by atoms with E-state index >= 15 is 0 Å². The van der Waals surface area contributed by atoms with Gasteiger partial charge in [-0.3, -0.25) is 0 Å². The largest absolute Gasteiger partial charge is 0.383 e. The van der Waals surface area contributed by atoms with Gasteiger partial charge in [0, 0.05) is 23.6 Å². The summed E-state index contributed by atoms with van der Waals surface area (Å²) in [6, 6.07) is 7.87. The first-order chi connectivity index (χ1) is 9.60. The first-order valence-electron chi connectivity index (χ1n) is 6.71. The Morgan fingerprint density at radius 3 is 2.55 bits per heavy atom. The van der Waals surface area contributed by atoms with E-state index in [2.05, 4.69) is 15.3 Å². The lowest BCUT2D eigenvalue weighted by Crippen LogP contribution is -2.11. The van der Waals surface area contributed by atoms with Gasteiger partial charge in [0.25, 0.3) is 0 Å². The minimum atomic E-state index is 0.547. The van der Waals surface area contributed by atoms with Crippen molar-refractivity contribution in [2.75, 3.05) is 17.6 Å². The Morgan fingerprint density at radius 2 is 1.90 bits per heavy atom. The minimum absolute atomic E-state index is 0.547. The van der Waals surface area contributed by atoms with Crippen LogP contribution in [0.2, 0.25) is 5.02 Å². The molecule has 0 aliphatic carbocycles. The summed E-state index contributed by atoms with van der Waals surface area (Å²) >= 11 is 5.87. The molecule has 0 spiro atoms. The van der Waals surface area contributed by atoms with Crippen LogP contribution in [0.1, 0.15) is 23.9 Å². The lowest BCUT2D eigenvalue weighted by Gasteiger charge is -2.11. The molecule has 106 valence electrons. The topological polar surface area (TPSA) is 63.8 Å². The first kappa shape index (κ1) is 14.6. The van der Waals surface area contributed by atoms with Gasteiger partial charge in [0.2, 0.25) is 0 Å². The van der Waals surface area contributed by atoms with Crippen LogP contribution in [0.15, 0.2) is 24.3 Å². The average molecular weight is 291 g/mol. The van der Waals surface area contributed by atoms with Crippen molar-refractivity contribution >= 4 is 23.2 Å². The molecule has 1 aromatic carbocycles. The van der Waals surface area contributed by atoms with E-state index in [1.807, 2.05) is 38.1 Å². The maximum absolute atomic E-state index is 5.89. The van der Waals surface area contributed by atoms with Crippen LogP contribution >= 0.6 is 11.6 Å². The standard InChI is InChI=1S/C15H19ClN4/c1-3-13-19-14(17)10(2)15(20-13)18-9-8-11-4-6-12(16)7-5-11/h4-7H,3,8-9H2,1-2H3,(H3,17,18,19,20). The van der Waals surface area contributed by atoms with Crippen molar-refractivity contribution in [2.24, 2.45) is 0 Å². The van der Waals surface area contributed by atoms with Crippen LogP contribution < -0.4 is 11.1 Å². The Kier molecular flexibility index (Phi) is 4.79. The number of rotatable bonds is 5. The van der Waals surface area contributed by atoms with E-state index in [4.69, 9.17) is 17.3 Å². The number of hydrogen-bond acceptors (Lipinski definition) is 4. The Labute approximate surface area is 124 Å². The smallest absolute Gasteiger partial charge is 0.134 e. The van der Waals surface area contributed by atoms with Crippen molar-refractivity contribution in [2.45, 2.75) is 26.7 Å². The van der Waals surface area contributed by atoms with Crippen molar-refractivity contribution in [3.8, 4) is 0 Å². The maximum atomic E-state index is 5.89. The summed E-state index contributed by atoms with van der Waals surface area (Å²) in [7, 11) is 0. The van der Waals surface area contributed by atoms with Gasteiger partial charge in [-0.2, -0.15) is 0 Å². The number of halogens is 1. The van der Waals surface area contributed by atoms with Crippen molar-refractivity contribution in [3.63, 3.8) is 0 Å². The number of nitrogens with one attached hydrogen (secondary N) is 1. The molecule has 1 aromatic heterocycles. The molecule has 0 fully saturated rings. The van der Waals surface area contributed by atoms with Crippen LogP contribution in [0, 0.1) is 6.92 Å². The van der Waals surface area contributed by atoms with E-state index in [1.165, 1.54) is 5.56 Å². The number of aryl methyl sites for hydroxylation is 1. The summed E-state index contributed by atoms with van der Waals surface area (Å²) in [5.74, 6) is 2.14. The van der Waals surface area contributed by atoms with Crippen molar-refractivity contribution in [3.05, 3.63) is 46.2 Å². The molecule has 0 saturated carbocycles. The van der Waals surface area contributed by atoms with Gasteiger partial charge in [0.15, 0.2) is 0 Å². The zero-order chi connectivity index (χ0) is 14.5. The summed E-state index contributed by atoms with van der Waals surface area (Å²) in [6.45, 7) is 4.74. The second-order valence-corrected chi connectivity index (χ2v) is 5.09. The quantitative estimate of drug-likeness (QED) is 0.887. The molecule has 0 radical (unpaired) electrons. The van der Waals surface area contributed by atoms with Crippen LogP contribution in [0.25, 0.3) is 0 Å². The highest BCUT2D eigenvalue weighted by atomic mass is 35.5. The fraction of sp³-hybridized carbons (Fsp3) is 0.333. The van der Waals surface area contributed by atoms with Gasteiger partial charge >= 0.3 is 0 Å². The lowest BCUT2D eigenvalue weighted by molar-refractivity contribution is 0.920. The van der Waals surface area contributed by atoms with E-state index < -0.39 is 0 Å². The molecular weight excluding hydrogens is 272 g/mol. The van der Waals surface area contributed by atoms with E-state index in [9.17, 15) is 0 Å². The number of benzene rings is 1. The number of nitrogens with zero attached hydrogens (tertiary/aromatic N) is 2. The molecule has 20 heavy (non-hydrogen) atoms. The normalized spacial score (nSPS) is 10.6. The van der Waals surface area contributed by atoms with Crippen LogP contribution in [-0.4, -0.2) is 16.5 Å². The number of nitrogens with two attached hydrogens (primary N) is 1. The van der Waals surface area contributed by atoms with Gasteiger partial charge in [-0.15, -0.1) is 0 Å². The van der Waals surface area contributed by atoms with Gasteiger partial charge in [0.1, 0.15) is 17.5 Å². The van der Waals surface area contributed by atoms with Gasteiger partial charge in [0.05, 0.1) is 0 Å². The van der Waals surface area contributed by atoms with E-state index in [-0.39, 0.29) is 0 Å². The highest BCUT2D eigenvalue weighted by molar-refractivity contribution is 6.30. The monoisotopic (exact) mass is 290 g/mol. The molecule has 3 N–H and O–H groups in total. The fourth-order valence-corrected chi connectivity index (χ4v) is 2.01. The van der Waals surface area contributed by atoms with Crippen LogP contribution in [-0.2, 0) is 12.8 Å². The SMILES string of the molecule is CCc1nc(N)c(C)c(NCCc2ccc(Cl)cc2)n1. The van der Waals surface area contributed by atoms with Crippen LogP contribution in [0.4, 0.5) is 11.6 Å². The summed E-state index contributed by atoms with van der Waals surface area (Å²) < 4.78 is 0. The second kappa shape index (κ2) is 6.57. The molecule has 1 heterocycles. The number of nitrogen functional groups attached to an aromatic ring is 1. The second-order valence-electron chi connectivity index (χ2n) is 4.66. The first-order valence-corrected chi connectivity index (χ1v) is 7.09. The molecular formula is C15H19ClN4. The third-order valence-electron chi connectivity index (χ3n) is 3.17. The lowest BCUT2D eigenvalue weighted by atomic mass is 10.1. The highest BCUT2D eigenvalue weighted by Gasteiger charge is 2.07. The zero-order valence-electron chi connectivity index (χ0n) is 11.8. The molecule has 2 aromatic rings. The molecule has 0 aliphatic rings. The molecule has 0 atom stereocenters. The predicted molar refractivity (Wildman–Crippen MR) is 84.2 cm³/mol. The Balaban J connectivity index is 2.00. The molecule has 0 bridgehead atoms. The Hall–Kier alpha value is -1.81. The average Bonchev–Trinajstić information content (AvgIpc) is 2.45. The number of anilines is 2. The zero-order valence-corrected chi connectivity index (χ0v) is 12.5. The summed E-state index contributed by atoms with van der Waals surface area (Å²) in [6.07, 6.45) is 1.68. The van der Waals surface area contributed by atoms with Gasteiger partial charge in [-0.1, -0.05) is 30.7 Å². The number of hydrogen-bond donors (Lipinski definition) is 2. The Bertz CT molecular complexity index is 581. The van der Waals surface area contributed by atoms with E-state index in [0.717, 1.165) is 41.6 Å². The highest BCUT2D eigenvalue weighted by Crippen LogP contribution is 2.17. The molecule has 5 heteroatoms. The van der Waals surface area contributed by atoms with Crippen molar-refractivity contribution < 1.29 is 0 Å². The molecule has 0 unspecified atom stereocenters. The third-order valence-corrected chi connectivity index (χ3v) is 3.42. The van der Waals surface area contributed by atoms with Gasteiger partial charge < -0.3 is 11.1 Å². The third kappa shape index (κ3) is 3.61. The van der Waals surface area contributed by atoms with Gasteiger partial charge in [-0.05, 0) is 31.0 Å². The maximum Gasteiger partial charge on any atom is 0.134 e. The van der Waals surface area contributed by atoms with Crippen molar-refractivity contribution in [1.82, 2.24) is 9.97 Å². The fourth-order valence-electron chi connectivity index (χ4n) is 1.89. The van der Waals surface area contributed by atoms with Gasteiger partial charge in [-0.25, -0.2) is 9.97 Å². The molecule has 0 saturated heterocycles. The molecule has 0 aliphatic heterocycles. The van der Waals surface area contributed by atoms with Crippen molar-refractivity contribution in [1.29, 1.82) is 0 Å².